The van der Waals surface area contributed by atoms with Crippen molar-refractivity contribution < 1.29 is 4.74 Å². The Morgan fingerprint density at radius 2 is 2.12 bits per heavy atom. The van der Waals surface area contributed by atoms with Crippen LogP contribution in [0.3, 0.4) is 0 Å². The molecule has 0 saturated carbocycles. The Labute approximate surface area is 97.2 Å². The molecule has 1 fully saturated rings. The molecule has 2 N–H and O–H groups in total. The molecule has 3 nitrogen and oxygen atoms in total. The lowest BCUT2D eigenvalue weighted by Gasteiger charge is -2.40. The summed E-state index contributed by atoms with van der Waals surface area (Å²) in [6, 6.07) is 10.9. The third kappa shape index (κ3) is 3.04. The maximum atomic E-state index is 5.64. The Morgan fingerprint density at radius 3 is 2.75 bits per heavy atom. The minimum absolute atomic E-state index is 0.598. The summed E-state index contributed by atoms with van der Waals surface area (Å²) in [4.78, 5) is 2.39. The zero-order chi connectivity index (χ0) is 11.2. The van der Waals surface area contributed by atoms with Crippen molar-refractivity contribution in [1.29, 1.82) is 0 Å². The molecule has 16 heavy (non-hydrogen) atoms. The summed E-state index contributed by atoms with van der Waals surface area (Å²) in [6.45, 7) is 4.47. The van der Waals surface area contributed by atoms with Gasteiger partial charge in [-0.15, -0.1) is 0 Å². The summed E-state index contributed by atoms with van der Waals surface area (Å²) in [5.41, 5.74) is 6.87. The monoisotopic (exact) mass is 220 g/mol. The Balaban J connectivity index is 1.59. The number of hydrogen-bond acceptors (Lipinski definition) is 3. The summed E-state index contributed by atoms with van der Waals surface area (Å²) in [5.74, 6) is 0. The highest BCUT2D eigenvalue weighted by molar-refractivity contribution is 5.13. The second-order valence-electron chi connectivity index (χ2n) is 4.25. The first-order valence-corrected chi connectivity index (χ1v) is 5.96. The average Bonchev–Trinajstić information content (AvgIpc) is 2.29. The van der Waals surface area contributed by atoms with Crippen LogP contribution in [0.5, 0.6) is 0 Å². The second kappa shape index (κ2) is 5.99. The molecule has 2 rings (SSSR count). The molecule has 1 heterocycles. The molecule has 1 saturated heterocycles. The van der Waals surface area contributed by atoms with E-state index in [0.717, 1.165) is 19.7 Å². The summed E-state index contributed by atoms with van der Waals surface area (Å²) in [5, 5.41) is 0. The van der Waals surface area contributed by atoms with Gasteiger partial charge in [0, 0.05) is 25.7 Å². The summed E-state index contributed by atoms with van der Waals surface area (Å²) in [6.07, 6.45) is 1.25. The van der Waals surface area contributed by atoms with Gasteiger partial charge in [0.15, 0.2) is 0 Å². The maximum absolute atomic E-state index is 5.64. The third-order valence-corrected chi connectivity index (χ3v) is 3.17. The lowest BCUT2D eigenvalue weighted by molar-refractivity contribution is 0.0386. The van der Waals surface area contributed by atoms with Crippen LogP contribution in [-0.2, 0) is 11.3 Å². The number of nitrogens with two attached hydrogens (primary N) is 1. The van der Waals surface area contributed by atoms with Crippen LogP contribution < -0.4 is 5.73 Å². The minimum atomic E-state index is 0.598. The standard InChI is InChI=1S/C13H20N2O/c14-10-13-6-7-15(13)8-9-16-11-12-4-2-1-3-5-12/h1-5,13H,6-11,14H2. The molecular weight excluding hydrogens is 200 g/mol. The highest BCUT2D eigenvalue weighted by Crippen LogP contribution is 2.14. The highest BCUT2D eigenvalue weighted by Gasteiger charge is 2.25. The molecule has 1 unspecified atom stereocenters. The van der Waals surface area contributed by atoms with Crippen LogP contribution in [0.1, 0.15) is 12.0 Å². The van der Waals surface area contributed by atoms with E-state index in [-0.39, 0.29) is 0 Å². The van der Waals surface area contributed by atoms with Crippen molar-refractivity contribution in [2.45, 2.75) is 19.1 Å². The Bertz CT molecular complexity index is 300. The predicted molar refractivity (Wildman–Crippen MR) is 65.1 cm³/mol. The number of ether oxygens (including phenoxy) is 1. The van der Waals surface area contributed by atoms with Crippen molar-refractivity contribution in [3.63, 3.8) is 0 Å². The second-order valence-corrected chi connectivity index (χ2v) is 4.25. The Morgan fingerprint density at radius 1 is 1.31 bits per heavy atom. The quantitative estimate of drug-likeness (QED) is 0.733. The lowest BCUT2D eigenvalue weighted by atomic mass is 10.0. The van der Waals surface area contributed by atoms with Gasteiger partial charge in [0.25, 0.3) is 0 Å². The van der Waals surface area contributed by atoms with E-state index >= 15 is 0 Å². The van der Waals surface area contributed by atoms with Gasteiger partial charge >= 0.3 is 0 Å². The smallest absolute Gasteiger partial charge is 0.0717 e. The topological polar surface area (TPSA) is 38.5 Å². The first kappa shape index (κ1) is 11.6. The first-order chi connectivity index (χ1) is 7.90. The van der Waals surface area contributed by atoms with Crippen molar-refractivity contribution in [3.8, 4) is 0 Å². The SMILES string of the molecule is NCC1CCN1CCOCc1ccccc1. The van der Waals surface area contributed by atoms with E-state index in [4.69, 9.17) is 10.5 Å². The van der Waals surface area contributed by atoms with Crippen molar-refractivity contribution in [2.24, 2.45) is 5.73 Å². The van der Waals surface area contributed by atoms with Gasteiger partial charge in [0.05, 0.1) is 13.2 Å². The number of rotatable bonds is 6. The molecule has 0 aliphatic carbocycles. The number of hydrogen-bond donors (Lipinski definition) is 1. The molecule has 0 radical (unpaired) electrons. The van der Waals surface area contributed by atoms with Crippen molar-refractivity contribution >= 4 is 0 Å². The van der Waals surface area contributed by atoms with Gasteiger partial charge in [-0.25, -0.2) is 0 Å². The van der Waals surface area contributed by atoms with Crippen LogP contribution in [0.15, 0.2) is 30.3 Å². The van der Waals surface area contributed by atoms with E-state index in [1.165, 1.54) is 18.5 Å². The van der Waals surface area contributed by atoms with Crippen molar-refractivity contribution in [3.05, 3.63) is 35.9 Å². The molecule has 3 heteroatoms. The third-order valence-electron chi connectivity index (χ3n) is 3.17. The summed E-state index contributed by atoms with van der Waals surface area (Å²) >= 11 is 0. The predicted octanol–water partition coefficient (Wildman–Crippen LogP) is 1.24. The molecule has 1 aromatic rings. The normalized spacial score (nSPS) is 20.7. The molecule has 1 aromatic carbocycles. The number of likely N-dealkylation sites (tertiary alicyclic amines) is 1. The van der Waals surface area contributed by atoms with E-state index in [1.54, 1.807) is 0 Å². The molecule has 1 atom stereocenters. The van der Waals surface area contributed by atoms with E-state index in [2.05, 4.69) is 17.0 Å². The van der Waals surface area contributed by atoms with Crippen molar-refractivity contribution in [1.82, 2.24) is 4.90 Å². The van der Waals surface area contributed by atoms with E-state index in [1.807, 2.05) is 18.2 Å². The molecule has 0 bridgehead atoms. The van der Waals surface area contributed by atoms with Gasteiger partial charge in [-0.3, -0.25) is 4.90 Å². The van der Waals surface area contributed by atoms with E-state index in [9.17, 15) is 0 Å². The lowest BCUT2D eigenvalue weighted by Crippen LogP contribution is -2.52. The fraction of sp³-hybridized carbons (Fsp3) is 0.538. The zero-order valence-electron chi connectivity index (χ0n) is 9.64. The first-order valence-electron chi connectivity index (χ1n) is 5.96. The maximum Gasteiger partial charge on any atom is 0.0717 e. The fourth-order valence-corrected chi connectivity index (χ4v) is 2.00. The molecule has 1 aliphatic rings. The summed E-state index contributed by atoms with van der Waals surface area (Å²) in [7, 11) is 0. The van der Waals surface area contributed by atoms with Crippen molar-refractivity contribution in [2.75, 3.05) is 26.2 Å². The van der Waals surface area contributed by atoms with Gasteiger partial charge in [0.2, 0.25) is 0 Å². The zero-order valence-corrected chi connectivity index (χ0v) is 9.64. The number of benzene rings is 1. The minimum Gasteiger partial charge on any atom is -0.375 e. The van der Waals surface area contributed by atoms with Gasteiger partial charge in [-0.1, -0.05) is 30.3 Å². The van der Waals surface area contributed by atoms with Gasteiger partial charge in [0.1, 0.15) is 0 Å². The molecular formula is C13H20N2O. The molecule has 88 valence electrons. The van der Waals surface area contributed by atoms with Gasteiger partial charge in [-0.05, 0) is 12.0 Å². The average molecular weight is 220 g/mol. The van der Waals surface area contributed by atoms with Crippen LogP contribution in [0.25, 0.3) is 0 Å². The van der Waals surface area contributed by atoms with E-state index < -0.39 is 0 Å². The fourth-order valence-electron chi connectivity index (χ4n) is 2.00. The largest absolute Gasteiger partial charge is 0.375 e. The molecule has 0 spiro atoms. The van der Waals surface area contributed by atoms with Crippen LogP contribution in [0.4, 0.5) is 0 Å². The summed E-state index contributed by atoms with van der Waals surface area (Å²) < 4.78 is 5.64. The molecule has 0 aromatic heterocycles. The van der Waals surface area contributed by atoms with Crippen LogP contribution in [0.2, 0.25) is 0 Å². The van der Waals surface area contributed by atoms with Crippen LogP contribution >= 0.6 is 0 Å². The number of nitrogens with zero attached hydrogens (tertiary/aromatic N) is 1. The van der Waals surface area contributed by atoms with Crippen LogP contribution in [-0.4, -0.2) is 37.2 Å². The van der Waals surface area contributed by atoms with Gasteiger partial charge in [-0.2, -0.15) is 0 Å². The van der Waals surface area contributed by atoms with Crippen LogP contribution in [0, 0.1) is 0 Å². The Kier molecular flexibility index (Phi) is 4.34. The molecule has 1 aliphatic heterocycles. The highest BCUT2D eigenvalue weighted by atomic mass is 16.5. The Hall–Kier alpha value is -0.900. The van der Waals surface area contributed by atoms with E-state index in [0.29, 0.717) is 12.6 Å². The molecule has 0 amide bonds. The van der Waals surface area contributed by atoms with Gasteiger partial charge < -0.3 is 10.5 Å².